The molecule has 2 nitrogen and oxygen atoms in total. The molecule has 2 rings (SSSR count). The number of alkyl halides is 1. The van der Waals surface area contributed by atoms with Crippen molar-refractivity contribution in [3.05, 3.63) is 48.5 Å². The number of ether oxygens (including phenoxy) is 2. The molecule has 2 aromatic rings. The Morgan fingerprint density at radius 3 is 1.86 bits per heavy atom. The third-order valence-corrected chi connectivity index (χ3v) is 3.47. The van der Waals surface area contributed by atoms with Crippen molar-refractivity contribution < 1.29 is 9.47 Å². The van der Waals surface area contributed by atoms with E-state index >= 15 is 0 Å². The molecule has 108 valence electrons. The Labute approximate surface area is 134 Å². The summed E-state index contributed by atoms with van der Waals surface area (Å²) >= 11 is 3.39. The average Bonchev–Trinajstić information content (AvgIpc) is 2.54. The Hall–Kier alpha value is -1.92. The lowest BCUT2D eigenvalue weighted by Crippen LogP contribution is -1.97. The second-order valence-corrected chi connectivity index (χ2v) is 5.23. The monoisotopic (exact) mass is 344 g/mol. The van der Waals surface area contributed by atoms with Crippen LogP contribution in [0, 0.1) is 12.3 Å². The molecule has 21 heavy (non-hydrogen) atoms. The molecule has 0 aliphatic rings. The second-order valence-electron chi connectivity index (χ2n) is 4.43. The lowest BCUT2D eigenvalue weighted by atomic mass is 10.1. The third kappa shape index (κ3) is 4.84. The molecule has 0 unspecified atom stereocenters. The van der Waals surface area contributed by atoms with Crippen LogP contribution in [0.15, 0.2) is 48.5 Å². The van der Waals surface area contributed by atoms with Gasteiger partial charge in [-0.1, -0.05) is 46.1 Å². The van der Waals surface area contributed by atoms with Crippen LogP contribution in [0.25, 0.3) is 11.1 Å². The largest absolute Gasteiger partial charge is 0.494 e. The molecule has 0 spiro atoms. The highest BCUT2D eigenvalue weighted by molar-refractivity contribution is 9.09. The quantitative estimate of drug-likeness (QED) is 0.417. The molecule has 0 bridgehead atoms. The van der Waals surface area contributed by atoms with Crippen LogP contribution >= 0.6 is 15.9 Å². The molecule has 0 amide bonds. The zero-order valence-corrected chi connectivity index (χ0v) is 13.3. The maximum Gasteiger partial charge on any atom is 0.148 e. The molecule has 3 heteroatoms. The second kappa shape index (κ2) is 8.39. The van der Waals surface area contributed by atoms with Crippen LogP contribution in [0.5, 0.6) is 11.5 Å². The van der Waals surface area contributed by atoms with Gasteiger partial charge in [0.2, 0.25) is 0 Å². The van der Waals surface area contributed by atoms with Gasteiger partial charge < -0.3 is 9.47 Å². The van der Waals surface area contributed by atoms with Gasteiger partial charge in [-0.3, -0.25) is 0 Å². The normalized spacial score (nSPS) is 9.90. The summed E-state index contributed by atoms with van der Waals surface area (Å²) < 4.78 is 11.0. The van der Waals surface area contributed by atoms with E-state index in [9.17, 15) is 0 Å². The molecule has 0 aliphatic heterocycles. The predicted molar refractivity (Wildman–Crippen MR) is 90.1 cm³/mol. The lowest BCUT2D eigenvalue weighted by molar-refractivity contribution is 0.319. The fourth-order valence-electron chi connectivity index (χ4n) is 1.86. The van der Waals surface area contributed by atoms with Gasteiger partial charge in [0.25, 0.3) is 0 Å². The van der Waals surface area contributed by atoms with Crippen LogP contribution < -0.4 is 9.47 Å². The molecule has 2 aromatic carbocycles. The summed E-state index contributed by atoms with van der Waals surface area (Å²) in [5, 5.41) is 0.958. The van der Waals surface area contributed by atoms with Crippen molar-refractivity contribution in [2.45, 2.75) is 6.42 Å². The van der Waals surface area contributed by atoms with Crippen molar-refractivity contribution in [1.29, 1.82) is 0 Å². The summed E-state index contributed by atoms with van der Waals surface area (Å²) in [4.78, 5) is 0. The van der Waals surface area contributed by atoms with Gasteiger partial charge in [-0.2, -0.15) is 0 Å². The predicted octanol–water partition coefficient (Wildman–Crippen LogP) is 4.53. The van der Waals surface area contributed by atoms with Gasteiger partial charge in [-0.05, 0) is 41.8 Å². The van der Waals surface area contributed by atoms with Crippen molar-refractivity contribution in [2.75, 3.05) is 18.5 Å². The van der Waals surface area contributed by atoms with Crippen LogP contribution in [0.3, 0.4) is 0 Å². The van der Waals surface area contributed by atoms with Crippen molar-refractivity contribution in [1.82, 2.24) is 0 Å². The van der Waals surface area contributed by atoms with Crippen LogP contribution in [-0.4, -0.2) is 18.5 Å². The minimum Gasteiger partial charge on any atom is -0.494 e. The molecule has 0 atom stereocenters. The van der Waals surface area contributed by atoms with E-state index < -0.39 is 0 Å². The zero-order valence-electron chi connectivity index (χ0n) is 11.7. The van der Waals surface area contributed by atoms with Crippen LogP contribution in [0.4, 0.5) is 0 Å². The average molecular weight is 345 g/mol. The van der Waals surface area contributed by atoms with Gasteiger partial charge in [0.15, 0.2) is 0 Å². The molecule has 0 aromatic heterocycles. The molecular formula is C18H17BrO2. The fraction of sp³-hybridized carbons (Fsp3) is 0.222. The maximum absolute atomic E-state index is 5.63. The minimum absolute atomic E-state index is 0.291. The van der Waals surface area contributed by atoms with Gasteiger partial charge >= 0.3 is 0 Å². The summed E-state index contributed by atoms with van der Waals surface area (Å²) in [6.07, 6.45) is 6.17. The number of rotatable bonds is 7. The highest BCUT2D eigenvalue weighted by Gasteiger charge is 2.00. The summed E-state index contributed by atoms with van der Waals surface area (Å²) in [7, 11) is 0. The first-order valence-electron chi connectivity index (χ1n) is 6.79. The first-order chi connectivity index (χ1) is 10.3. The van der Waals surface area contributed by atoms with Gasteiger partial charge in [0, 0.05) is 5.33 Å². The van der Waals surface area contributed by atoms with E-state index in [0.29, 0.717) is 6.61 Å². The van der Waals surface area contributed by atoms with E-state index in [1.54, 1.807) is 0 Å². The highest BCUT2D eigenvalue weighted by Crippen LogP contribution is 2.24. The van der Waals surface area contributed by atoms with Crippen molar-refractivity contribution >= 4 is 15.9 Å². The molecule has 0 heterocycles. The molecule has 0 saturated carbocycles. The maximum atomic E-state index is 5.63. The third-order valence-electron chi connectivity index (χ3n) is 2.91. The first kappa shape index (κ1) is 15.5. The van der Waals surface area contributed by atoms with E-state index in [2.05, 4.69) is 34.0 Å². The Bertz CT molecular complexity index is 582. The fourth-order valence-corrected chi connectivity index (χ4v) is 2.09. The Kier molecular flexibility index (Phi) is 6.18. The van der Waals surface area contributed by atoms with Gasteiger partial charge in [-0.25, -0.2) is 0 Å². The Balaban J connectivity index is 1.99. The van der Waals surface area contributed by atoms with Gasteiger partial charge in [0.05, 0.1) is 6.61 Å². The molecule has 0 N–H and O–H groups in total. The van der Waals surface area contributed by atoms with E-state index in [4.69, 9.17) is 15.9 Å². The number of hydrogen-bond acceptors (Lipinski definition) is 2. The highest BCUT2D eigenvalue weighted by atomic mass is 79.9. The summed E-state index contributed by atoms with van der Waals surface area (Å²) in [6.45, 7) is 1.02. The summed E-state index contributed by atoms with van der Waals surface area (Å²) in [6, 6.07) is 16.0. The standard InChI is InChI=1S/C18H17BrO2/c1-2-13-20-17-8-4-15(5-9-17)16-6-10-18(11-7-16)21-14-3-12-19/h1,4-11H,3,12-14H2. The van der Waals surface area contributed by atoms with E-state index in [1.165, 1.54) is 0 Å². The lowest BCUT2D eigenvalue weighted by Gasteiger charge is -2.07. The van der Waals surface area contributed by atoms with Gasteiger partial charge in [0.1, 0.15) is 18.1 Å². The topological polar surface area (TPSA) is 18.5 Å². The van der Waals surface area contributed by atoms with Crippen molar-refractivity contribution in [2.24, 2.45) is 0 Å². The molecular weight excluding hydrogens is 328 g/mol. The molecule has 0 fully saturated rings. The first-order valence-corrected chi connectivity index (χ1v) is 7.91. The van der Waals surface area contributed by atoms with E-state index in [0.717, 1.165) is 41.0 Å². The minimum atomic E-state index is 0.291. The molecule has 0 saturated heterocycles. The van der Waals surface area contributed by atoms with Crippen molar-refractivity contribution in [3.63, 3.8) is 0 Å². The SMILES string of the molecule is C#CCOc1ccc(-c2ccc(OCCCBr)cc2)cc1. The zero-order chi connectivity index (χ0) is 14.9. The summed E-state index contributed by atoms with van der Waals surface area (Å²) in [5.74, 6) is 4.13. The smallest absolute Gasteiger partial charge is 0.148 e. The Morgan fingerprint density at radius 2 is 1.38 bits per heavy atom. The number of terminal acetylenes is 1. The molecule has 0 radical (unpaired) electrons. The van der Waals surface area contributed by atoms with E-state index in [1.807, 2.05) is 36.4 Å². The molecule has 0 aliphatic carbocycles. The number of hydrogen-bond donors (Lipinski definition) is 0. The van der Waals surface area contributed by atoms with E-state index in [-0.39, 0.29) is 0 Å². The Morgan fingerprint density at radius 1 is 0.857 bits per heavy atom. The van der Waals surface area contributed by atoms with Crippen LogP contribution in [0.2, 0.25) is 0 Å². The van der Waals surface area contributed by atoms with Crippen LogP contribution in [-0.2, 0) is 0 Å². The van der Waals surface area contributed by atoms with Gasteiger partial charge in [-0.15, -0.1) is 6.42 Å². The van der Waals surface area contributed by atoms with Crippen molar-refractivity contribution in [3.8, 4) is 35.0 Å². The number of halogens is 1. The summed E-state index contributed by atoms with van der Waals surface area (Å²) in [5.41, 5.74) is 2.28. The number of benzene rings is 2. The van der Waals surface area contributed by atoms with Crippen LogP contribution in [0.1, 0.15) is 6.42 Å².